The van der Waals surface area contributed by atoms with Gasteiger partial charge in [0.1, 0.15) is 6.10 Å². The van der Waals surface area contributed by atoms with Crippen molar-refractivity contribution in [2.45, 2.75) is 32.3 Å². The monoisotopic (exact) mass is 336 g/mol. The molecule has 6 heteroatoms. The molecule has 1 unspecified atom stereocenters. The highest BCUT2D eigenvalue weighted by Crippen LogP contribution is 2.32. The quantitative estimate of drug-likeness (QED) is 0.390. The van der Waals surface area contributed by atoms with Gasteiger partial charge in [-0.1, -0.05) is 35.3 Å². The lowest BCUT2D eigenvalue weighted by Gasteiger charge is -2.18. The Hall–Kier alpha value is -0.550. The van der Waals surface area contributed by atoms with Crippen molar-refractivity contribution in [1.82, 2.24) is 0 Å². The van der Waals surface area contributed by atoms with Gasteiger partial charge in [-0.25, -0.2) is 0 Å². The predicted molar refractivity (Wildman–Crippen MR) is 83.8 cm³/mol. The minimum atomic E-state index is -3.55. The molecule has 20 heavy (non-hydrogen) atoms. The van der Waals surface area contributed by atoms with Crippen LogP contribution in [-0.4, -0.2) is 14.2 Å². The second kappa shape index (κ2) is 8.03. The summed E-state index contributed by atoms with van der Waals surface area (Å²) < 4.78 is 28.6. The van der Waals surface area contributed by atoms with E-state index in [1.54, 1.807) is 31.2 Å². The van der Waals surface area contributed by atoms with Crippen molar-refractivity contribution < 1.29 is 12.6 Å². The maximum absolute atomic E-state index is 11.7. The first-order valence-electron chi connectivity index (χ1n) is 6.36. The maximum atomic E-state index is 11.7. The molecule has 0 aliphatic rings. The highest BCUT2D eigenvalue weighted by molar-refractivity contribution is 7.86. The van der Waals surface area contributed by atoms with Crippen LogP contribution in [0.2, 0.25) is 10.0 Å². The van der Waals surface area contributed by atoms with Crippen molar-refractivity contribution in [2.75, 3.05) is 5.75 Å². The second-order valence-corrected chi connectivity index (χ2v) is 7.05. The van der Waals surface area contributed by atoms with Crippen LogP contribution in [0.3, 0.4) is 0 Å². The molecule has 0 N–H and O–H groups in total. The molecular weight excluding hydrogens is 319 g/mol. The van der Waals surface area contributed by atoms with Gasteiger partial charge in [-0.15, -0.1) is 6.58 Å². The van der Waals surface area contributed by atoms with Crippen LogP contribution >= 0.6 is 23.2 Å². The van der Waals surface area contributed by atoms with E-state index in [4.69, 9.17) is 27.4 Å². The van der Waals surface area contributed by atoms with Gasteiger partial charge in [-0.2, -0.15) is 8.42 Å². The van der Waals surface area contributed by atoms with Gasteiger partial charge in [0.05, 0.1) is 5.75 Å². The molecule has 0 aliphatic heterocycles. The summed E-state index contributed by atoms with van der Waals surface area (Å²) in [7, 11) is -3.55. The van der Waals surface area contributed by atoms with Crippen molar-refractivity contribution in [2.24, 2.45) is 0 Å². The van der Waals surface area contributed by atoms with Crippen LogP contribution in [0.1, 0.15) is 37.9 Å². The van der Waals surface area contributed by atoms with E-state index in [0.717, 1.165) is 12.8 Å². The second-order valence-electron chi connectivity index (χ2n) is 4.32. The SMILES string of the molecule is C=CCCCC(OS(=O)(=O)CC)c1ccc(Cl)cc1Cl. The Labute approximate surface area is 130 Å². The maximum Gasteiger partial charge on any atom is 0.267 e. The van der Waals surface area contributed by atoms with E-state index in [0.29, 0.717) is 22.0 Å². The molecule has 0 saturated heterocycles. The van der Waals surface area contributed by atoms with Crippen molar-refractivity contribution in [3.63, 3.8) is 0 Å². The average molecular weight is 337 g/mol. The predicted octanol–water partition coefficient (Wildman–Crippen LogP) is 4.76. The summed E-state index contributed by atoms with van der Waals surface area (Å²) in [5.41, 5.74) is 0.636. The minimum Gasteiger partial charge on any atom is -0.262 e. The third-order valence-corrected chi connectivity index (χ3v) is 4.60. The highest BCUT2D eigenvalue weighted by atomic mass is 35.5. The fourth-order valence-electron chi connectivity index (χ4n) is 1.71. The van der Waals surface area contributed by atoms with Gasteiger partial charge in [0, 0.05) is 15.6 Å². The van der Waals surface area contributed by atoms with Gasteiger partial charge in [0.2, 0.25) is 0 Å². The lowest BCUT2D eigenvalue weighted by atomic mass is 10.0. The zero-order chi connectivity index (χ0) is 15.2. The van der Waals surface area contributed by atoms with Gasteiger partial charge in [0.15, 0.2) is 0 Å². The molecule has 0 bridgehead atoms. The van der Waals surface area contributed by atoms with Crippen LogP contribution in [0.5, 0.6) is 0 Å². The minimum absolute atomic E-state index is 0.0732. The van der Waals surface area contributed by atoms with Gasteiger partial charge in [-0.05, 0) is 38.3 Å². The zero-order valence-corrected chi connectivity index (χ0v) is 13.6. The number of benzene rings is 1. The molecular formula is C14H18Cl2O3S. The van der Waals surface area contributed by atoms with Crippen molar-refractivity contribution in [3.8, 4) is 0 Å². The molecule has 0 heterocycles. The summed E-state index contributed by atoms with van der Waals surface area (Å²) in [6, 6.07) is 4.96. The average Bonchev–Trinajstić information content (AvgIpc) is 2.38. The van der Waals surface area contributed by atoms with E-state index in [2.05, 4.69) is 6.58 Å². The Kier molecular flexibility index (Phi) is 7.03. The topological polar surface area (TPSA) is 43.4 Å². The largest absolute Gasteiger partial charge is 0.267 e. The summed E-state index contributed by atoms with van der Waals surface area (Å²) in [4.78, 5) is 0. The molecule has 1 atom stereocenters. The van der Waals surface area contributed by atoms with Gasteiger partial charge < -0.3 is 0 Å². The first kappa shape index (κ1) is 17.5. The molecule has 0 aromatic heterocycles. The number of allylic oxidation sites excluding steroid dienone is 1. The normalized spacial score (nSPS) is 13.2. The molecule has 1 aromatic rings. The number of unbranched alkanes of at least 4 members (excludes halogenated alkanes) is 1. The molecule has 3 nitrogen and oxygen atoms in total. The van der Waals surface area contributed by atoms with Crippen LogP contribution < -0.4 is 0 Å². The summed E-state index contributed by atoms with van der Waals surface area (Å²) >= 11 is 12.0. The molecule has 1 aromatic carbocycles. The Bertz CT molecular complexity index is 556. The van der Waals surface area contributed by atoms with E-state index >= 15 is 0 Å². The van der Waals surface area contributed by atoms with Crippen molar-refractivity contribution in [1.29, 1.82) is 0 Å². The standard InChI is InChI=1S/C14H18Cl2O3S/c1-3-5-6-7-14(19-20(17,18)4-2)12-9-8-11(15)10-13(12)16/h3,8-10,14H,1,4-7H2,2H3. The molecule has 0 saturated carbocycles. The van der Waals surface area contributed by atoms with Gasteiger partial charge in [-0.3, -0.25) is 4.18 Å². The third-order valence-electron chi connectivity index (χ3n) is 2.80. The van der Waals surface area contributed by atoms with Crippen LogP contribution in [0.4, 0.5) is 0 Å². The van der Waals surface area contributed by atoms with Gasteiger partial charge >= 0.3 is 0 Å². The summed E-state index contributed by atoms with van der Waals surface area (Å²) in [6.45, 7) is 5.19. The molecule has 0 radical (unpaired) electrons. The van der Waals surface area contributed by atoms with E-state index in [9.17, 15) is 8.42 Å². The lowest BCUT2D eigenvalue weighted by molar-refractivity contribution is 0.200. The van der Waals surface area contributed by atoms with E-state index in [1.165, 1.54) is 0 Å². The third kappa shape index (κ3) is 5.44. The fourth-order valence-corrected chi connectivity index (χ4v) is 2.93. The molecule has 112 valence electrons. The Morgan fingerprint density at radius 2 is 2.10 bits per heavy atom. The number of hydrogen-bond donors (Lipinski definition) is 0. The Balaban J connectivity index is 2.99. The van der Waals surface area contributed by atoms with Crippen molar-refractivity contribution >= 4 is 33.3 Å². The fraction of sp³-hybridized carbons (Fsp3) is 0.429. The smallest absolute Gasteiger partial charge is 0.262 e. The number of rotatable bonds is 8. The molecule has 0 aliphatic carbocycles. The lowest BCUT2D eigenvalue weighted by Crippen LogP contribution is -2.14. The summed E-state index contributed by atoms with van der Waals surface area (Å²) in [5, 5.41) is 0.911. The number of hydrogen-bond acceptors (Lipinski definition) is 3. The van der Waals surface area contributed by atoms with Gasteiger partial charge in [0.25, 0.3) is 10.1 Å². The van der Waals surface area contributed by atoms with Crippen LogP contribution in [-0.2, 0) is 14.3 Å². The molecule has 0 amide bonds. The Morgan fingerprint density at radius 3 is 2.65 bits per heavy atom. The zero-order valence-electron chi connectivity index (χ0n) is 11.3. The number of halogens is 2. The molecule has 1 rings (SSSR count). The van der Waals surface area contributed by atoms with Crippen LogP contribution in [0.15, 0.2) is 30.9 Å². The highest BCUT2D eigenvalue weighted by Gasteiger charge is 2.21. The molecule has 0 fully saturated rings. The van der Waals surface area contributed by atoms with Crippen LogP contribution in [0.25, 0.3) is 0 Å². The molecule has 0 spiro atoms. The van der Waals surface area contributed by atoms with E-state index in [-0.39, 0.29) is 5.75 Å². The van der Waals surface area contributed by atoms with E-state index in [1.807, 2.05) is 0 Å². The van der Waals surface area contributed by atoms with Crippen molar-refractivity contribution in [3.05, 3.63) is 46.5 Å². The summed E-state index contributed by atoms with van der Waals surface area (Å²) in [6.07, 6.45) is 3.30. The first-order chi connectivity index (χ1) is 9.39. The summed E-state index contributed by atoms with van der Waals surface area (Å²) in [5.74, 6) is -0.0732. The van der Waals surface area contributed by atoms with Crippen LogP contribution in [0, 0.1) is 0 Å². The van der Waals surface area contributed by atoms with E-state index < -0.39 is 16.2 Å². The Morgan fingerprint density at radius 1 is 1.40 bits per heavy atom. The first-order valence-corrected chi connectivity index (χ1v) is 8.69.